The minimum absolute atomic E-state index is 0.165. The molecule has 1 amide bonds. The molecule has 1 unspecified atom stereocenters. The van der Waals surface area contributed by atoms with Gasteiger partial charge in [0.1, 0.15) is 11.9 Å². The van der Waals surface area contributed by atoms with Crippen LogP contribution in [0.1, 0.15) is 75.7 Å². The summed E-state index contributed by atoms with van der Waals surface area (Å²) in [6, 6.07) is 8.79. The van der Waals surface area contributed by atoms with Crippen LogP contribution in [0.15, 0.2) is 29.3 Å². The fraction of sp³-hybridized carbons (Fsp3) is 0.478. The van der Waals surface area contributed by atoms with Gasteiger partial charge in [0, 0.05) is 0 Å². The van der Waals surface area contributed by atoms with Crippen molar-refractivity contribution in [2.24, 2.45) is 4.99 Å². The van der Waals surface area contributed by atoms with Gasteiger partial charge in [-0.3, -0.25) is 4.79 Å². The average molecular weight is 444 g/mol. The first kappa shape index (κ1) is 24.7. The standard InChI is InChI=1S/C20H24N4O.C2H6.CH3NOS/c1-12-17(24-18-19(21)22-13(2)23-20(18)25-12)16-10-8-15(9-11-16)14-6-4-3-5-7-14;1-2;3-1-2-4/h8-12,14H,3-7H2,1-2H3,(H2,21,22,23);1-2H3;1,4H,(H,2,3). The predicted molar refractivity (Wildman–Crippen MR) is 129 cm³/mol. The summed E-state index contributed by atoms with van der Waals surface area (Å²) in [4.78, 5) is 22.2. The van der Waals surface area contributed by atoms with Crippen LogP contribution in [0.5, 0.6) is 5.88 Å². The Hall–Kier alpha value is -2.61. The summed E-state index contributed by atoms with van der Waals surface area (Å²) in [5.41, 5.74) is 9.93. The lowest BCUT2D eigenvalue weighted by molar-refractivity contribution is -0.107. The van der Waals surface area contributed by atoms with Crippen LogP contribution in [0.4, 0.5) is 11.5 Å². The molecule has 1 aliphatic heterocycles. The number of hydrogen-bond donors (Lipinski definition) is 3. The Bertz CT molecular complexity index is 880. The van der Waals surface area contributed by atoms with E-state index in [2.05, 4.69) is 47.0 Å². The van der Waals surface area contributed by atoms with Crippen LogP contribution in [0.3, 0.4) is 0 Å². The number of nitrogens with zero attached hydrogens (tertiary/aromatic N) is 3. The molecule has 0 radical (unpaired) electrons. The molecule has 3 N–H and O–H groups in total. The van der Waals surface area contributed by atoms with Gasteiger partial charge < -0.3 is 15.2 Å². The van der Waals surface area contributed by atoms with Crippen molar-refractivity contribution in [3.63, 3.8) is 0 Å². The Morgan fingerprint density at radius 3 is 2.32 bits per heavy atom. The van der Waals surface area contributed by atoms with E-state index in [1.807, 2.05) is 25.5 Å². The number of rotatable bonds is 3. The van der Waals surface area contributed by atoms with Crippen LogP contribution in [0.2, 0.25) is 0 Å². The zero-order valence-corrected chi connectivity index (χ0v) is 19.7. The first-order chi connectivity index (χ1) is 15.0. The molecule has 1 aromatic heterocycles. The minimum atomic E-state index is -0.165. The van der Waals surface area contributed by atoms with Crippen LogP contribution in [-0.4, -0.2) is 28.2 Å². The number of amides is 1. The number of benzene rings is 1. The second-order valence-corrected chi connectivity index (χ2v) is 7.53. The number of carbonyl (C=O) groups excluding carboxylic acids is 1. The highest BCUT2D eigenvalue weighted by Crippen LogP contribution is 2.37. The van der Waals surface area contributed by atoms with Crippen molar-refractivity contribution < 1.29 is 9.53 Å². The number of hydrogen-bond acceptors (Lipinski definition) is 7. The van der Waals surface area contributed by atoms with Gasteiger partial charge in [0.15, 0.2) is 11.5 Å². The van der Waals surface area contributed by atoms with Gasteiger partial charge in [-0.1, -0.05) is 70.2 Å². The lowest BCUT2D eigenvalue weighted by Gasteiger charge is -2.24. The number of nitrogen functional groups attached to an aromatic ring is 1. The number of aryl methyl sites for hydroxylation is 1. The summed E-state index contributed by atoms with van der Waals surface area (Å²) in [7, 11) is 0. The maximum atomic E-state index is 8.99. The summed E-state index contributed by atoms with van der Waals surface area (Å²) in [5, 5.41) is 0. The molecule has 1 aliphatic carbocycles. The van der Waals surface area contributed by atoms with Crippen molar-refractivity contribution in [3.05, 3.63) is 41.2 Å². The predicted octanol–water partition coefficient (Wildman–Crippen LogP) is 4.92. The molecule has 0 spiro atoms. The summed E-state index contributed by atoms with van der Waals surface area (Å²) in [6.07, 6.45) is 7.01. The lowest BCUT2D eigenvalue weighted by Crippen LogP contribution is -2.28. The van der Waals surface area contributed by atoms with Crippen molar-refractivity contribution >= 4 is 36.4 Å². The van der Waals surface area contributed by atoms with Crippen LogP contribution in [-0.2, 0) is 4.79 Å². The molecule has 8 heteroatoms. The van der Waals surface area contributed by atoms with E-state index in [-0.39, 0.29) is 6.10 Å². The molecule has 2 aromatic rings. The minimum Gasteiger partial charge on any atom is -0.466 e. The topological polar surface area (TPSA) is 102 Å². The Kier molecular flexibility index (Phi) is 9.78. The summed E-state index contributed by atoms with van der Waals surface area (Å²) < 4.78 is 7.89. The second-order valence-electron chi connectivity index (χ2n) is 7.27. The van der Waals surface area contributed by atoms with E-state index in [9.17, 15) is 0 Å². The van der Waals surface area contributed by atoms with Crippen molar-refractivity contribution in [1.82, 2.24) is 14.7 Å². The van der Waals surface area contributed by atoms with E-state index in [1.54, 1.807) is 6.92 Å². The molecule has 1 fully saturated rings. The molecule has 1 aromatic carbocycles. The maximum absolute atomic E-state index is 8.99. The molecule has 4 rings (SSSR count). The Labute approximate surface area is 190 Å². The molecule has 1 atom stereocenters. The van der Waals surface area contributed by atoms with Crippen LogP contribution in [0.25, 0.3) is 0 Å². The Morgan fingerprint density at radius 1 is 1.13 bits per heavy atom. The van der Waals surface area contributed by atoms with Gasteiger partial charge in [0.2, 0.25) is 12.3 Å². The van der Waals surface area contributed by atoms with E-state index in [0.717, 1.165) is 11.3 Å². The van der Waals surface area contributed by atoms with E-state index in [4.69, 9.17) is 20.3 Å². The van der Waals surface area contributed by atoms with Gasteiger partial charge in [-0.15, -0.1) is 0 Å². The monoisotopic (exact) mass is 443 g/mol. The SMILES string of the molecule is CC.Cc1nc(N)c2c(n1)OC(C)C(c1ccc(C3CCCCC3)cc1)=N2.O=CNS. The molecule has 0 saturated heterocycles. The number of nitrogens with one attached hydrogen (secondary N) is 1. The molecule has 7 nitrogen and oxygen atoms in total. The van der Waals surface area contributed by atoms with Crippen LogP contribution in [0, 0.1) is 6.92 Å². The number of nitrogens with two attached hydrogens (primary N) is 1. The Morgan fingerprint density at radius 2 is 1.74 bits per heavy atom. The zero-order chi connectivity index (χ0) is 22.8. The molecule has 1 saturated carbocycles. The van der Waals surface area contributed by atoms with Gasteiger partial charge in [0.05, 0.1) is 5.71 Å². The third-order valence-corrected chi connectivity index (χ3v) is 5.34. The average Bonchev–Trinajstić information content (AvgIpc) is 2.81. The van der Waals surface area contributed by atoms with Crippen molar-refractivity contribution in [1.29, 1.82) is 0 Å². The third-order valence-electron chi connectivity index (χ3n) is 5.23. The van der Waals surface area contributed by atoms with Crippen molar-refractivity contribution in [2.75, 3.05) is 5.73 Å². The van der Waals surface area contributed by atoms with E-state index in [1.165, 1.54) is 37.7 Å². The van der Waals surface area contributed by atoms with Gasteiger partial charge in [0.25, 0.3) is 0 Å². The van der Waals surface area contributed by atoms with Crippen LogP contribution < -0.4 is 15.2 Å². The zero-order valence-electron chi connectivity index (χ0n) is 18.8. The number of anilines is 1. The first-order valence-corrected chi connectivity index (χ1v) is 11.3. The Balaban J connectivity index is 0.000000513. The fourth-order valence-corrected chi connectivity index (χ4v) is 3.84. The van der Waals surface area contributed by atoms with Gasteiger partial charge >= 0.3 is 0 Å². The summed E-state index contributed by atoms with van der Waals surface area (Å²) >= 11 is 3.30. The number of carbonyl (C=O) groups is 1. The summed E-state index contributed by atoms with van der Waals surface area (Å²) in [6.45, 7) is 7.79. The highest BCUT2D eigenvalue weighted by atomic mass is 32.1. The van der Waals surface area contributed by atoms with Gasteiger partial charge in [-0.05, 0) is 43.7 Å². The maximum Gasteiger partial charge on any atom is 0.246 e. The first-order valence-electron chi connectivity index (χ1n) is 10.9. The fourth-order valence-electron chi connectivity index (χ4n) is 3.84. The molecule has 31 heavy (non-hydrogen) atoms. The largest absolute Gasteiger partial charge is 0.466 e. The molecule has 2 aliphatic rings. The molecule has 0 bridgehead atoms. The normalized spacial score (nSPS) is 17.5. The number of aromatic nitrogens is 2. The number of ether oxygens (including phenoxy) is 1. The third kappa shape index (κ3) is 6.43. The summed E-state index contributed by atoms with van der Waals surface area (Å²) in [5.74, 6) is 2.14. The van der Waals surface area contributed by atoms with E-state index >= 15 is 0 Å². The molecule has 168 valence electrons. The molecular weight excluding hydrogens is 410 g/mol. The quantitative estimate of drug-likeness (QED) is 0.461. The van der Waals surface area contributed by atoms with Gasteiger partial charge in [-0.2, -0.15) is 4.98 Å². The number of fused-ring (bicyclic) bond motifs is 1. The van der Waals surface area contributed by atoms with Crippen LogP contribution >= 0.6 is 12.8 Å². The van der Waals surface area contributed by atoms with Crippen molar-refractivity contribution in [3.8, 4) is 5.88 Å². The smallest absolute Gasteiger partial charge is 0.246 e. The van der Waals surface area contributed by atoms with Crippen molar-refractivity contribution in [2.45, 2.75) is 71.8 Å². The number of thiol groups is 1. The highest BCUT2D eigenvalue weighted by molar-refractivity contribution is 7.78. The molecular formula is C23H33N5O2S. The second kappa shape index (κ2) is 12.3. The molecule has 2 heterocycles. The van der Waals surface area contributed by atoms with E-state index in [0.29, 0.717) is 35.5 Å². The lowest BCUT2D eigenvalue weighted by atomic mass is 9.83. The number of aliphatic imine (C=N–C) groups is 1. The highest BCUT2D eigenvalue weighted by Gasteiger charge is 2.26. The van der Waals surface area contributed by atoms with Gasteiger partial charge in [-0.25, -0.2) is 9.98 Å². The van der Waals surface area contributed by atoms with E-state index < -0.39 is 0 Å².